The van der Waals surface area contributed by atoms with Gasteiger partial charge in [0.2, 0.25) is 0 Å². The Balaban J connectivity index is 1.04. The number of hydrogen-bond acceptors (Lipinski definition) is 1. The summed E-state index contributed by atoms with van der Waals surface area (Å²) < 4.78 is 0. The third-order valence-corrected chi connectivity index (χ3v) is 16.0. The van der Waals surface area contributed by atoms with Gasteiger partial charge in [0.05, 0.1) is 5.41 Å². The Bertz CT molecular complexity index is 3650. The molecule has 14 rings (SSSR count). The van der Waals surface area contributed by atoms with Crippen LogP contribution in [0.4, 0.5) is 17.1 Å². The largest absolute Gasteiger partial charge is 0.310 e. The van der Waals surface area contributed by atoms with Crippen molar-refractivity contribution >= 4 is 27.8 Å². The molecule has 0 aliphatic heterocycles. The molecule has 0 atom stereocenters. The average molecular weight is 842 g/mol. The van der Waals surface area contributed by atoms with Crippen molar-refractivity contribution in [2.45, 2.75) is 43.9 Å². The third-order valence-electron chi connectivity index (χ3n) is 16.0. The minimum atomic E-state index is -0.444. The molecule has 0 amide bonds. The number of fused-ring (bicyclic) bond motifs is 17. The van der Waals surface area contributed by atoms with Gasteiger partial charge in [0.1, 0.15) is 0 Å². The van der Waals surface area contributed by atoms with E-state index in [1.54, 1.807) is 0 Å². The van der Waals surface area contributed by atoms with Crippen LogP contribution in [0.3, 0.4) is 0 Å². The smallest absolute Gasteiger partial charge is 0.0726 e. The quantitative estimate of drug-likeness (QED) is 0.171. The lowest BCUT2D eigenvalue weighted by Crippen LogP contribution is -2.26. The van der Waals surface area contributed by atoms with Crippen molar-refractivity contribution in [3.63, 3.8) is 0 Å². The Hall–Kier alpha value is -7.74. The Labute approximate surface area is 387 Å². The SMILES string of the molecule is CC1(C)c2ccccc2-c2c1cc1c(c2-c2ccccc2)-c2cc(N(c3ccc4c(c3)C3(c5ccccc5-c5ccccc53)c3ccccc3-4)c3ccc4ccccc4c3)ccc2C1(C)C. The van der Waals surface area contributed by atoms with Gasteiger partial charge in [-0.25, -0.2) is 0 Å². The molecular weight excluding hydrogens is 795 g/mol. The summed E-state index contributed by atoms with van der Waals surface area (Å²) in [4.78, 5) is 2.52. The fourth-order valence-corrected chi connectivity index (χ4v) is 13.1. The normalized spacial score (nSPS) is 15.3. The molecule has 66 heavy (non-hydrogen) atoms. The van der Waals surface area contributed by atoms with E-state index in [-0.39, 0.29) is 10.8 Å². The topological polar surface area (TPSA) is 3.24 Å². The monoisotopic (exact) mass is 841 g/mol. The Morgan fingerprint density at radius 2 is 0.727 bits per heavy atom. The first-order valence-corrected chi connectivity index (χ1v) is 23.5. The second-order valence-corrected chi connectivity index (χ2v) is 20.0. The van der Waals surface area contributed by atoms with Crippen LogP contribution in [0.15, 0.2) is 212 Å². The minimum Gasteiger partial charge on any atom is -0.310 e. The number of rotatable bonds is 4. The summed E-state index contributed by atoms with van der Waals surface area (Å²) >= 11 is 0. The van der Waals surface area contributed by atoms with Gasteiger partial charge in [-0.2, -0.15) is 0 Å². The van der Waals surface area contributed by atoms with Crippen LogP contribution in [0, 0.1) is 0 Å². The van der Waals surface area contributed by atoms with Crippen LogP contribution < -0.4 is 4.90 Å². The van der Waals surface area contributed by atoms with E-state index in [2.05, 4.69) is 245 Å². The second-order valence-electron chi connectivity index (χ2n) is 20.0. The second kappa shape index (κ2) is 13.2. The molecule has 312 valence electrons. The van der Waals surface area contributed by atoms with Crippen molar-refractivity contribution in [3.8, 4) is 55.6 Å². The van der Waals surface area contributed by atoms with E-state index in [9.17, 15) is 0 Å². The van der Waals surface area contributed by atoms with E-state index < -0.39 is 5.41 Å². The predicted molar refractivity (Wildman–Crippen MR) is 275 cm³/mol. The van der Waals surface area contributed by atoms with Crippen molar-refractivity contribution < 1.29 is 0 Å². The van der Waals surface area contributed by atoms with E-state index in [0.29, 0.717) is 0 Å². The molecule has 0 unspecified atom stereocenters. The molecule has 1 heteroatoms. The van der Waals surface area contributed by atoms with Crippen LogP contribution in [0.25, 0.3) is 66.4 Å². The number of benzene rings is 10. The maximum atomic E-state index is 2.58. The van der Waals surface area contributed by atoms with Crippen molar-refractivity contribution in [2.75, 3.05) is 4.90 Å². The lowest BCUT2D eigenvalue weighted by Gasteiger charge is -2.32. The first-order valence-electron chi connectivity index (χ1n) is 23.5. The van der Waals surface area contributed by atoms with Crippen LogP contribution in [0.2, 0.25) is 0 Å². The Morgan fingerprint density at radius 1 is 0.273 bits per heavy atom. The summed E-state index contributed by atoms with van der Waals surface area (Å²) in [6.07, 6.45) is 0. The summed E-state index contributed by atoms with van der Waals surface area (Å²) in [6, 6.07) is 80.5. The molecule has 1 spiro atoms. The molecule has 0 radical (unpaired) electrons. The first kappa shape index (κ1) is 37.6. The lowest BCUT2D eigenvalue weighted by atomic mass is 9.70. The van der Waals surface area contributed by atoms with Gasteiger partial charge in [0, 0.05) is 27.9 Å². The number of nitrogens with zero attached hydrogens (tertiary/aromatic N) is 1. The summed E-state index contributed by atoms with van der Waals surface area (Å²) in [5.41, 5.74) is 26.9. The minimum absolute atomic E-state index is 0.127. The predicted octanol–water partition coefficient (Wildman–Crippen LogP) is 16.9. The van der Waals surface area contributed by atoms with Crippen LogP contribution >= 0.6 is 0 Å². The molecule has 0 fully saturated rings. The summed E-state index contributed by atoms with van der Waals surface area (Å²) in [7, 11) is 0. The van der Waals surface area contributed by atoms with Gasteiger partial charge in [-0.1, -0.05) is 204 Å². The van der Waals surface area contributed by atoms with Crippen LogP contribution in [-0.2, 0) is 16.2 Å². The maximum absolute atomic E-state index is 2.58. The van der Waals surface area contributed by atoms with Crippen molar-refractivity contribution in [1.82, 2.24) is 0 Å². The third kappa shape index (κ3) is 4.75. The molecule has 0 saturated heterocycles. The van der Waals surface area contributed by atoms with Crippen LogP contribution in [0.5, 0.6) is 0 Å². The zero-order valence-electron chi connectivity index (χ0n) is 37.7. The highest BCUT2D eigenvalue weighted by Crippen LogP contribution is 2.64. The molecule has 0 N–H and O–H groups in total. The lowest BCUT2D eigenvalue weighted by molar-refractivity contribution is 0.639. The van der Waals surface area contributed by atoms with E-state index in [0.717, 1.165) is 17.1 Å². The highest BCUT2D eigenvalue weighted by Gasteiger charge is 2.52. The molecule has 0 aromatic heterocycles. The van der Waals surface area contributed by atoms with Gasteiger partial charge in [-0.3, -0.25) is 0 Å². The standard InChI is InChI=1S/C65H47N/c1-63(2)52-26-14-13-25-50(52)61-58(63)39-59-62(60(61)41-19-6-5-7-20-41)51-37-44(33-35-53(51)64(59,3)4)66(43-31-30-40-18-8-9-21-42(40)36-43)45-32-34-49-48-24-12-17-29-56(48)65(57(49)38-45)54-27-15-10-22-46(54)47-23-11-16-28-55(47)65/h5-39H,1-4H3. The molecule has 4 aliphatic rings. The van der Waals surface area contributed by atoms with Gasteiger partial charge in [-0.15, -0.1) is 0 Å². The van der Waals surface area contributed by atoms with Crippen molar-refractivity contribution in [1.29, 1.82) is 0 Å². The van der Waals surface area contributed by atoms with Gasteiger partial charge in [0.25, 0.3) is 0 Å². The highest BCUT2D eigenvalue weighted by molar-refractivity contribution is 6.05. The number of anilines is 3. The maximum Gasteiger partial charge on any atom is 0.0726 e. The summed E-state index contributed by atoms with van der Waals surface area (Å²) in [6.45, 7) is 9.69. The molecule has 4 aliphatic carbocycles. The molecule has 0 saturated carbocycles. The fourth-order valence-electron chi connectivity index (χ4n) is 13.1. The molecule has 10 aromatic rings. The zero-order chi connectivity index (χ0) is 44.1. The number of hydrogen-bond donors (Lipinski definition) is 0. The van der Waals surface area contributed by atoms with Gasteiger partial charge in [-0.05, 0) is 147 Å². The van der Waals surface area contributed by atoms with Gasteiger partial charge in [0.15, 0.2) is 0 Å². The van der Waals surface area contributed by atoms with Crippen molar-refractivity contribution in [2.24, 2.45) is 0 Å². The Kier molecular flexibility index (Phi) is 7.51. The van der Waals surface area contributed by atoms with E-state index >= 15 is 0 Å². The molecule has 10 aromatic carbocycles. The van der Waals surface area contributed by atoms with E-state index in [1.807, 2.05) is 0 Å². The van der Waals surface area contributed by atoms with E-state index in [1.165, 1.54) is 111 Å². The zero-order valence-corrected chi connectivity index (χ0v) is 37.7. The van der Waals surface area contributed by atoms with Gasteiger partial charge >= 0.3 is 0 Å². The summed E-state index contributed by atoms with van der Waals surface area (Å²) in [5, 5.41) is 2.46. The Morgan fingerprint density at radius 3 is 1.38 bits per heavy atom. The molecule has 1 nitrogen and oxygen atoms in total. The van der Waals surface area contributed by atoms with E-state index in [4.69, 9.17) is 0 Å². The van der Waals surface area contributed by atoms with Gasteiger partial charge < -0.3 is 4.90 Å². The molecule has 0 bridgehead atoms. The van der Waals surface area contributed by atoms with Crippen LogP contribution in [0.1, 0.15) is 72.2 Å². The average Bonchev–Trinajstić information content (AvgIpc) is 3.98. The fraction of sp³-hybridized carbons (Fsp3) is 0.108. The van der Waals surface area contributed by atoms with Crippen LogP contribution in [-0.4, -0.2) is 0 Å². The molecular formula is C65H47N. The van der Waals surface area contributed by atoms with Crippen molar-refractivity contribution in [3.05, 3.63) is 257 Å². The highest BCUT2D eigenvalue weighted by atomic mass is 15.1. The first-order chi connectivity index (χ1) is 32.3. The molecule has 0 heterocycles. The summed E-state index contributed by atoms with van der Waals surface area (Å²) in [5.74, 6) is 0.